The van der Waals surface area contributed by atoms with Crippen LogP contribution in [-0.2, 0) is 11.3 Å². The molecule has 3 heterocycles. The van der Waals surface area contributed by atoms with E-state index >= 15 is 0 Å². The average Bonchev–Trinajstić information content (AvgIpc) is 3.33. The summed E-state index contributed by atoms with van der Waals surface area (Å²) in [4.78, 5) is 39.2. The highest BCUT2D eigenvalue weighted by Crippen LogP contribution is 2.37. The fourth-order valence-electron chi connectivity index (χ4n) is 3.94. The molecule has 2 aromatic rings. The Kier molecular flexibility index (Phi) is 4.67. The van der Waals surface area contributed by atoms with Crippen molar-refractivity contribution in [2.24, 2.45) is 0 Å². The van der Waals surface area contributed by atoms with Crippen LogP contribution in [0, 0.1) is 5.82 Å². The van der Waals surface area contributed by atoms with Gasteiger partial charge in [0.05, 0.1) is 33.8 Å². The van der Waals surface area contributed by atoms with Gasteiger partial charge in [-0.1, -0.05) is 0 Å². The summed E-state index contributed by atoms with van der Waals surface area (Å²) >= 11 is 1.38. The van der Waals surface area contributed by atoms with E-state index in [1.807, 2.05) is 4.90 Å². The van der Waals surface area contributed by atoms with Crippen molar-refractivity contribution in [3.05, 3.63) is 33.2 Å². The van der Waals surface area contributed by atoms with Gasteiger partial charge in [-0.25, -0.2) is 9.18 Å². The largest absolute Gasteiger partial charge is 0.462 e. The monoisotopic (exact) mass is 390 g/mol. The van der Waals surface area contributed by atoms with E-state index in [-0.39, 0.29) is 28.8 Å². The molecule has 0 amide bonds. The highest BCUT2D eigenvalue weighted by molar-refractivity contribution is 7.99. The fourth-order valence-corrected chi connectivity index (χ4v) is 5.06. The lowest BCUT2D eigenvalue weighted by atomic mass is 10.0. The molecule has 142 valence electrons. The molecule has 1 fully saturated rings. The van der Waals surface area contributed by atoms with Crippen LogP contribution in [0.15, 0.2) is 15.9 Å². The molecule has 1 aromatic carbocycles. The van der Waals surface area contributed by atoms with E-state index in [0.29, 0.717) is 42.2 Å². The van der Waals surface area contributed by atoms with Crippen LogP contribution in [0.4, 0.5) is 10.1 Å². The highest BCUT2D eigenvalue weighted by atomic mass is 32.2. The number of aromatic nitrogens is 1. The number of thioether (sulfide) groups is 1. The van der Waals surface area contributed by atoms with E-state index in [4.69, 9.17) is 4.74 Å². The molecule has 0 radical (unpaired) electrons. The molecule has 6 nitrogen and oxygen atoms in total. The first-order chi connectivity index (χ1) is 13.1. The number of aryl methyl sites for hydroxylation is 1. The normalized spacial score (nSPS) is 16.0. The lowest BCUT2D eigenvalue weighted by Crippen LogP contribution is -2.25. The van der Waals surface area contributed by atoms with E-state index in [1.165, 1.54) is 11.8 Å². The van der Waals surface area contributed by atoms with Gasteiger partial charge in [-0.05, 0) is 25.8 Å². The minimum Gasteiger partial charge on any atom is -0.462 e. The predicted molar refractivity (Wildman–Crippen MR) is 102 cm³/mol. The van der Waals surface area contributed by atoms with Crippen molar-refractivity contribution in [1.82, 2.24) is 4.57 Å². The first-order valence-corrected chi connectivity index (χ1v) is 10.00. The highest BCUT2D eigenvalue weighted by Gasteiger charge is 2.31. The number of benzene rings is 1. The Balaban J connectivity index is 2.08. The molecule has 0 N–H and O–H groups in total. The van der Waals surface area contributed by atoms with Crippen LogP contribution in [0.3, 0.4) is 0 Å². The third-order valence-electron chi connectivity index (χ3n) is 5.04. The second kappa shape index (κ2) is 6.99. The number of aldehydes is 1. The summed E-state index contributed by atoms with van der Waals surface area (Å²) in [5.41, 5.74) is 0.190. The molecule has 27 heavy (non-hydrogen) atoms. The second-order valence-electron chi connectivity index (χ2n) is 6.56. The number of hydrogen-bond donors (Lipinski definition) is 0. The van der Waals surface area contributed by atoms with Gasteiger partial charge in [0.2, 0.25) is 5.43 Å². The van der Waals surface area contributed by atoms with Gasteiger partial charge in [0.25, 0.3) is 0 Å². The number of fused-ring (bicyclic) bond motifs is 3. The van der Waals surface area contributed by atoms with Crippen molar-refractivity contribution in [1.29, 1.82) is 0 Å². The number of carbonyl (C=O) groups is 2. The van der Waals surface area contributed by atoms with Gasteiger partial charge in [0, 0.05) is 25.4 Å². The molecular weight excluding hydrogens is 371 g/mol. The van der Waals surface area contributed by atoms with Gasteiger partial charge in [0.1, 0.15) is 11.4 Å². The Morgan fingerprint density at radius 1 is 1.33 bits per heavy atom. The van der Waals surface area contributed by atoms with Gasteiger partial charge in [-0.2, -0.15) is 0 Å². The topological polar surface area (TPSA) is 68.6 Å². The van der Waals surface area contributed by atoms with Crippen molar-refractivity contribution in [3.63, 3.8) is 0 Å². The minimum absolute atomic E-state index is 0.0480. The van der Waals surface area contributed by atoms with Crippen LogP contribution in [0.25, 0.3) is 10.9 Å². The van der Waals surface area contributed by atoms with Crippen molar-refractivity contribution >= 4 is 40.6 Å². The van der Waals surface area contributed by atoms with Gasteiger partial charge in [-0.15, -0.1) is 11.8 Å². The number of halogens is 1. The lowest BCUT2D eigenvalue weighted by Gasteiger charge is -2.23. The number of esters is 1. The molecule has 2 aliphatic heterocycles. The Bertz CT molecular complexity index is 1010. The van der Waals surface area contributed by atoms with E-state index in [0.717, 1.165) is 18.9 Å². The first kappa shape index (κ1) is 18.0. The zero-order valence-corrected chi connectivity index (χ0v) is 15.7. The maximum atomic E-state index is 15.0. The van der Waals surface area contributed by atoms with Crippen LogP contribution < -0.4 is 10.3 Å². The van der Waals surface area contributed by atoms with E-state index in [2.05, 4.69) is 0 Å². The Morgan fingerprint density at radius 2 is 2.07 bits per heavy atom. The maximum absolute atomic E-state index is 15.0. The van der Waals surface area contributed by atoms with Crippen LogP contribution in [0.5, 0.6) is 0 Å². The molecular formula is C19H19FN2O4S. The smallest absolute Gasteiger partial charge is 0.344 e. The molecule has 1 aromatic heterocycles. The third-order valence-corrected chi connectivity index (χ3v) is 6.12. The lowest BCUT2D eigenvalue weighted by molar-refractivity contribution is 0.0519. The number of anilines is 1. The number of pyridine rings is 1. The SMILES string of the molecule is CCOC(=O)c1c2n(c3c(C=O)c(N4CCCC4)c(F)cc3c1=O)CCS2. The minimum atomic E-state index is -0.709. The summed E-state index contributed by atoms with van der Waals surface area (Å²) in [5, 5.41) is 0.542. The quantitative estimate of drug-likeness (QED) is 0.591. The molecule has 1 saturated heterocycles. The summed E-state index contributed by atoms with van der Waals surface area (Å²) < 4.78 is 21.8. The molecule has 0 bridgehead atoms. The molecule has 8 heteroatoms. The third kappa shape index (κ3) is 2.74. The fraction of sp³-hybridized carbons (Fsp3) is 0.421. The molecule has 0 spiro atoms. The standard InChI is InChI=1S/C19H19FN2O4S/c1-2-26-19(25)14-17(24)11-9-13(20)16(21-5-3-4-6-21)12(10-23)15(11)22-7-8-27-18(14)22/h9-10H,2-8H2,1H3. The maximum Gasteiger partial charge on any atom is 0.344 e. The summed E-state index contributed by atoms with van der Waals surface area (Å²) in [6.45, 7) is 3.69. The van der Waals surface area contributed by atoms with Gasteiger partial charge in [0.15, 0.2) is 6.29 Å². The summed E-state index contributed by atoms with van der Waals surface area (Å²) in [6, 6.07) is 1.16. The van der Waals surface area contributed by atoms with Crippen LogP contribution in [-0.4, -0.2) is 42.3 Å². The number of hydrogen-bond acceptors (Lipinski definition) is 6. The molecule has 4 rings (SSSR count). The predicted octanol–water partition coefficient (Wildman–Crippen LogP) is 2.84. The Labute approximate surface area is 159 Å². The zero-order valence-electron chi connectivity index (χ0n) is 14.9. The second-order valence-corrected chi connectivity index (χ2v) is 7.64. The molecule has 0 aliphatic carbocycles. The van der Waals surface area contributed by atoms with Gasteiger partial charge >= 0.3 is 5.97 Å². The van der Waals surface area contributed by atoms with Crippen molar-refractivity contribution in [3.8, 4) is 0 Å². The Hall–Kier alpha value is -2.35. The summed E-state index contributed by atoms with van der Waals surface area (Å²) in [5.74, 6) is -0.650. The molecule has 2 aliphatic rings. The van der Waals surface area contributed by atoms with E-state index < -0.39 is 17.2 Å². The van der Waals surface area contributed by atoms with Crippen molar-refractivity contribution in [2.45, 2.75) is 31.3 Å². The Morgan fingerprint density at radius 3 is 2.74 bits per heavy atom. The van der Waals surface area contributed by atoms with Crippen LogP contribution in [0.2, 0.25) is 0 Å². The van der Waals surface area contributed by atoms with Crippen LogP contribution >= 0.6 is 11.8 Å². The number of nitrogens with zero attached hydrogens (tertiary/aromatic N) is 2. The average molecular weight is 390 g/mol. The van der Waals surface area contributed by atoms with Gasteiger partial charge in [-0.3, -0.25) is 9.59 Å². The van der Waals surface area contributed by atoms with E-state index in [1.54, 1.807) is 11.5 Å². The molecule has 0 unspecified atom stereocenters. The van der Waals surface area contributed by atoms with Crippen molar-refractivity contribution in [2.75, 3.05) is 30.3 Å². The summed E-state index contributed by atoms with van der Waals surface area (Å²) in [7, 11) is 0. The number of carbonyl (C=O) groups excluding carboxylic acids is 2. The summed E-state index contributed by atoms with van der Waals surface area (Å²) in [6.07, 6.45) is 2.50. The zero-order chi connectivity index (χ0) is 19.1. The van der Waals surface area contributed by atoms with Gasteiger partial charge < -0.3 is 14.2 Å². The van der Waals surface area contributed by atoms with Crippen LogP contribution in [0.1, 0.15) is 40.5 Å². The van der Waals surface area contributed by atoms with E-state index in [9.17, 15) is 18.8 Å². The molecule has 0 saturated carbocycles. The first-order valence-electron chi connectivity index (χ1n) is 9.01. The number of ether oxygens (including phenoxy) is 1. The number of rotatable bonds is 4. The van der Waals surface area contributed by atoms with Crippen molar-refractivity contribution < 1.29 is 18.7 Å². The molecule has 0 atom stereocenters.